The zero-order valence-corrected chi connectivity index (χ0v) is 23.7. The molecule has 212 valence electrons. The lowest BCUT2D eigenvalue weighted by Crippen LogP contribution is -2.30. The smallest absolute Gasteiger partial charge is 0.272 e. The predicted molar refractivity (Wildman–Crippen MR) is 165 cm³/mol. The van der Waals surface area contributed by atoms with Gasteiger partial charge in [-0.25, -0.2) is 0 Å². The molecule has 0 aliphatic carbocycles. The Balaban J connectivity index is 1.41. The van der Waals surface area contributed by atoms with Gasteiger partial charge in [-0.2, -0.15) is 0 Å². The number of hydrogen-bond acceptors (Lipinski definition) is 6. The first-order valence-corrected chi connectivity index (χ1v) is 13.8. The number of benzene rings is 4. The van der Waals surface area contributed by atoms with Crippen LogP contribution < -0.4 is 16.0 Å². The Morgan fingerprint density at radius 2 is 1.48 bits per heavy atom. The Morgan fingerprint density at radius 3 is 2.12 bits per heavy atom. The summed E-state index contributed by atoms with van der Waals surface area (Å²) in [6, 6.07) is 28.8. The number of carbonyl (C=O) groups excluding carboxylic acids is 3. The fourth-order valence-corrected chi connectivity index (χ4v) is 4.72. The Bertz CT molecular complexity index is 1620. The van der Waals surface area contributed by atoms with Gasteiger partial charge in [0.25, 0.3) is 17.5 Å². The van der Waals surface area contributed by atoms with Crippen molar-refractivity contribution in [1.29, 1.82) is 0 Å². The van der Waals surface area contributed by atoms with Crippen molar-refractivity contribution in [3.63, 3.8) is 0 Å². The van der Waals surface area contributed by atoms with Gasteiger partial charge in [-0.15, -0.1) is 11.8 Å². The van der Waals surface area contributed by atoms with Gasteiger partial charge < -0.3 is 16.0 Å². The van der Waals surface area contributed by atoms with Crippen molar-refractivity contribution in [3.8, 4) is 0 Å². The minimum Gasteiger partial charge on any atom is -0.325 e. The van der Waals surface area contributed by atoms with E-state index in [1.165, 1.54) is 36.0 Å². The maximum Gasteiger partial charge on any atom is 0.272 e. The molecule has 4 aromatic carbocycles. The molecule has 0 bridgehead atoms. The van der Waals surface area contributed by atoms with Gasteiger partial charge in [0, 0.05) is 34.0 Å². The van der Waals surface area contributed by atoms with E-state index in [9.17, 15) is 24.5 Å². The van der Waals surface area contributed by atoms with Gasteiger partial charge in [0.15, 0.2) is 0 Å². The highest BCUT2D eigenvalue weighted by molar-refractivity contribution is 8.00. The van der Waals surface area contributed by atoms with E-state index in [1.807, 2.05) is 31.2 Å². The Morgan fingerprint density at radius 1 is 0.833 bits per heavy atom. The average molecular weight is 581 g/mol. The van der Waals surface area contributed by atoms with Crippen molar-refractivity contribution < 1.29 is 19.3 Å². The number of nitrogens with zero attached hydrogens (tertiary/aromatic N) is 1. The zero-order valence-electron chi connectivity index (χ0n) is 22.9. The van der Waals surface area contributed by atoms with E-state index >= 15 is 0 Å². The molecular weight excluding hydrogens is 552 g/mol. The van der Waals surface area contributed by atoms with E-state index in [4.69, 9.17) is 0 Å². The molecule has 0 aliphatic heterocycles. The second-order valence-electron chi connectivity index (χ2n) is 9.32. The van der Waals surface area contributed by atoms with Crippen LogP contribution in [0.2, 0.25) is 0 Å². The van der Waals surface area contributed by atoms with Crippen LogP contribution in [0.1, 0.15) is 28.4 Å². The highest BCUT2D eigenvalue weighted by Crippen LogP contribution is 2.26. The molecule has 10 heteroatoms. The molecule has 0 radical (unpaired) electrons. The number of nitro benzene ring substituents is 1. The molecule has 0 saturated heterocycles. The van der Waals surface area contributed by atoms with Crippen molar-refractivity contribution in [3.05, 3.63) is 136 Å². The quantitative estimate of drug-likeness (QED) is 0.0857. The van der Waals surface area contributed by atoms with E-state index in [0.717, 1.165) is 16.0 Å². The second kappa shape index (κ2) is 13.9. The number of amides is 3. The Hall–Kier alpha value is -5.22. The SMILES string of the molecule is Cc1cccc(/C=C(\NC(=O)c2ccccc2)C(=O)Nc2ccc(SC(C)C(=O)Nc3ccc([N+](=O)[O-])cc3)cc2)c1. The van der Waals surface area contributed by atoms with Crippen LogP contribution >= 0.6 is 11.8 Å². The van der Waals surface area contributed by atoms with Crippen LogP contribution in [-0.4, -0.2) is 27.9 Å². The van der Waals surface area contributed by atoms with Crippen LogP contribution in [0.4, 0.5) is 17.1 Å². The van der Waals surface area contributed by atoms with Gasteiger partial charge in [0.05, 0.1) is 10.2 Å². The van der Waals surface area contributed by atoms with Crippen LogP contribution in [0.25, 0.3) is 6.08 Å². The molecule has 0 heterocycles. The fraction of sp³-hybridized carbons (Fsp3) is 0.0938. The summed E-state index contributed by atoms with van der Waals surface area (Å²) in [6.45, 7) is 3.69. The predicted octanol–water partition coefficient (Wildman–Crippen LogP) is 6.43. The molecule has 3 N–H and O–H groups in total. The molecule has 0 aromatic heterocycles. The number of nitro groups is 1. The molecule has 9 nitrogen and oxygen atoms in total. The number of aryl methyl sites for hydroxylation is 1. The first kappa shape index (κ1) is 29.8. The summed E-state index contributed by atoms with van der Waals surface area (Å²) < 4.78 is 0. The van der Waals surface area contributed by atoms with Crippen LogP contribution in [0.3, 0.4) is 0 Å². The van der Waals surface area contributed by atoms with Gasteiger partial charge in [0.1, 0.15) is 5.70 Å². The van der Waals surface area contributed by atoms with Gasteiger partial charge in [-0.05, 0) is 74.0 Å². The lowest BCUT2D eigenvalue weighted by molar-refractivity contribution is -0.384. The summed E-state index contributed by atoms with van der Waals surface area (Å²) in [5.41, 5.74) is 3.21. The summed E-state index contributed by atoms with van der Waals surface area (Å²) in [4.78, 5) is 49.8. The first-order chi connectivity index (χ1) is 20.2. The number of carbonyl (C=O) groups is 3. The third-order valence-electron chi connectivity index (χ3n) is 6.02. The molecule has 0 fully saturated rings. The molecule has 0 aliphatic rings. The monoisotopic (exact) mass is 580 g/mol. The molecule has 4 rings (SSSR count). The number of non-ortho nitro benzene ring substituents is 1. The molecule has 42 heavy (non-hydrogen) atoms. The topological polar surface area (TPSA) is 130 Å². The van der Waals surface area contributed by atoms with Crippen molar-refractivity contribution in [2.75, 3.05) is 10.6 Å². The largest absolute Gasteiger partial charge is 0.325 e. The van der Waals surface area contributed by atoms with E-state index < -0.39 is 22.0 Å². The zero-order chi connectivity index (χ0) is 30.1. The van der Waals surface area contributed by atoms with Gasteiger partial charge in [-0.1, -0.05) is 48.0 Å². The number of anilines is 2. The van der Waals surface area contributed by atoms with Gasteiger partial charge >= 0.3 is 0 Å². The molecule has 1 unspecified atom stereocenters. The minimum atomic E-state index is -0.502. The standard InChI is InChI=1S/C32H28N4O5S/c1-21-7-6-8-23(19-21)20-29(35-31(38)24-9-4-3-5-10-24)32(39)34-26-13-17-28(18-14-26)42-22(2)30(37)33-25-11-15-27(16-12-25)36(40)41/h3-20,22H,1-2H3,(H,33,37)(H,34,39)(H,35,38)/b29-20-. The summed E-state index contributed by atoms with van der Waals surface area (Å²) in [6.07, 6.45) is 1.62. The van der Waals surface area contributed by atoms with Gasteiger partial charge in [-0.3, -0.25) is 24.5 Å². The average Bonchev–Trinajstić information content (AvgIpc) is 2.98. The maximum atomic E-state index is 13.3. The summed E-state index contributed by atoms with van der Waals surface area (Å²) in [7, 11) is 0. The summed E-state index contributed by atoms with van der Waals surface area (Å²) in [5, 5.41) is 18.7. The molecule has 4 aromatic rings. The number of thioether (sulfide) groups is 1. The van der Waals surface area contributed by atoms with Crippen LogP contribution in [0.15, 0.2) is 114 Å². The highest BCUT2D eigenvalue weighted by atomic mass is 32.2. The van der Waals surface area contributed by atoms with Crippen molar-refractivity contribution in [2.24, 2.45) is 0 Å². The normalized spacial score (nSPS) is 11.7. The first-order valence-electron chi connectivity index (χ1n) is 13.0. The number of nitrogens with one attached hydrogen (secondary N) is 3. The third kappa shape index (κ3) is 8.39. The van der Waals surface area contributed by atoms with E-state index in [1.54, 1.807) is 67.6 Å². The maximum absolute atomic E-state index is 13.3. The molecule has 0 saturated carbocycles. The van der Waals surface area contributed by atoms with Crippen LogP contribution in [0, 0.1) is 17.0 Å². The van der Waals surface area contributed by atoms with Crippen molar-refractivity contribution in [2.45, 2.75) is 24.0 Å². The molecule has 1 atom stereocenters. The Kier molecular flexibility index (Phi) is 9.85. The summed E-state index contributed by atoms with van der Waals surface area (Å²) in [5.74, 6) is -1.15. The molecular formula is C32H28N4O5S. The van der Waals surface area contributed by atoms with Crippen LogP contribution in [-0.2, 0) is 9.59 Å². The highest BCUT2D eigenvalue weighted by Gasteiger charge is 2.17. The lowest BCUT2D eigenvalue weighted by atomic mass is 10.1. The van der Waals surface area contributed by atoms with E-state index in [0.29, 0.717) is 16.9 Å². The van der Waals surface area contributed by atoms with E-state index in [-0.39, 0.29) is 17.3 Å². The molecule has 0 spiro atoms. The Labute approximate surface area is 247 Å². The number of rotatable bonds is 10. The second-order valence-corrected chi connectivity index (χ2v) is 10.7. The molecule has 3 amide bonds. The van der Waals surface area contributed by atoms with Crippen LogP contribution in [0.5, 0.6) is 0 Å². The number of hydrogen-bond donors (Lipinski definition) is 3. The van der Waals surface area contributed by atoms with Gasteiger partial charge in [0.2, 0.25) is 5.91 Å². The summed E-state index contributed by atoms with van der Waals surface area (Å²) >= 11 is 1.32. The fourth-order valence-electron chi connectivity index (χ4n) is 3.85. The minimum absolute atomic E-state index is 0.0565. The van der Waals surface area contributed by atoms with E-state index in [2.05, 4.69) is 16.0 Å². The van der Waals surface area contributed by atoms with Crippen molar-refractivity contribution in [1.82, 2.24) is 5.32 Å². The van der Waals surface area contributed by atoms with Crippen molar-refractivity contribution >= 4 is 52.6 Å². The third-order valence-corrected chi connectivity index (χ3v) is 7.13. The lowest BCUT2D eigenvalue weighted by Gasteiger charge is -2.13.